The predicted molar refractivity (Wildman–Crippen MR) is 101 cm³/mol. The van der Waals surface area contributed by atoms with Crippen molar-refractivity contribution in [3.05, 3.63) is 48.7 Å². The summed E-state index contributed by atoms with van der Waals surface area (Å²) in [7, 11) is 1.60. The Morgan fingerprint density at radius 1 is 1.07 bits per heavy atom. The Labute approximate surface area is 157 Å². The summed E-state index contributed by atoms with van der Waals surface area (Å²) >= 11 is 0. The van der Waals surface area contributed by atoms with Crippen molar-refractivity contribution in [1.82, 2.24) is 4.98 Å². The fourth-order valence-corrected chi connectivity index (χ4v) is 2.93. The highest BCUT2D eigenvalue weighted by Gasteiger charge is 2.38. The van der Waals surface area contributed by atoms with Crippen LogP contribution in [0.25, 0.3) is 0 Å². The van der Waals surface area contributed by atoms with Crippen LogP contribution in [0.5, 0.6) is 5.75 Å². The molecule has 1 fully saturated rings. The zero-order chi connectivity index (χ0) is 19.6. The van der Waals surface area contributed by atoms with Crippen LogP contribution < -0.4 is 14.5 Å². The molecule has 140 valence electrons. The Balaban J connectivity index is 1.70. The number of rotatable bonds is 3. The van der Waals surface area contributed by atoms with E-state index in [1.165, 1.54) is 23.2 Å². The summed E-state index contributed by atoms with van der Waals surface area (Å²) in [5, 5.41) is 0. The van der Waals surface area contributed by atoms with E-state index in [9.17, 15) is 14.4 Å². The lowest BCUT2D eigenvalue weighted by Crippen LogP contribution is -2.46. The molecular weight excluding hydrogens is 346 g/mol. The Morgan fingerprint density at radius 2 is 1.70 bits per heavy atom. The quantitative estimate of drug-likeness (QED) is 0.777. The lowest BCUT2D eigenvalue weighted by molar-refractivity contribution is -0.132. The van der Waals surface area contributed by atoms with Gasteiger partial charge < -0.3 is 4.74 Å². The van der Waals surface area contributed by atoms with E-state index in [4.69, 9.17) is 4.74 Å². The number of amides is 3. The molecule has 1 aliphatic rings. The monoisotopic (exact) mass is 367 g/mol. The molecule has 7 nitrogen and oxygen atoms in total. The van der Waals surface area contributed by atoms with Crippen LogP contribution in [0.4, 0.5) is 16.3 Å². The van der Waals surface area contributed by atoms with Crippen LogP contribution in [0, 0.1) is 5.41 Å². The van der Waals surface area contributed by atoms with Gasteiger partial charge >= 0.3 is 6.09 Å². The van der Waals surface area contributed by atoms with Crippen LogP contribution in [0.15, 0.2) is 48.7 Å². The first-order valence-corrected chi connectivity index (χ1v) is 8.59. The third-order valence-corrected chi connectivity index (χ3v) is 4.33. The van der Waals surface area contributed by atoms with E-state index in [0.717, 1.165) is 4.90 Å². The van der Waals surface area contributed by atoms with E-state index < -0.39 is 6.09 Å². The molecule has 1 aromatic heterocycles. The van der Waals surface area contributed by atoms with Crippen molar-refractivity contribution < 1.29 is 19.1 Å². The zero-order valence-electron chi connectivity index (χ0n) is 15.5. The van der Waals surface area contributed by atoms with Crippen LogP contribution >= 0.6 is 0 Å². The third-order valence-electron chi connectivity index (χ3n) is 4.33. The molecule has 27 heavy (non-hydrogen) atoms. The highest BCUT2D eigenvalue weighted by molar-refractivity contribution is 6.16. The molecule has 3 amide bonds. The van der Waals surface area contributed by atoms with E-state index >= 15 is 0 Å². The minimum absolute atomic E-state index is 0.226. The number of benzene rings is 1. The van der Waals surface area contributed by atoms with E-state index in [2.05, 4.69) is 4.98 Å². The van der Waals surface area contributed by atoms with Crippen molar-refractivity contribution in [3.63, 3.8) is 0 Å². The minimum atomic E-state index is -0.567. The molecule has 0 spiro atoms. The number of nitrogens with zero attached hydrogens (tertiary/aromatic N) is 3. The molecule has 0 atom stereocenters. The van der Waals surface area contributed by atoms with E-state index in [-0.39, 0.29) is 41.6 Å². The lowest BCUT2D eigenvalue weighted by Gasteiger charge is -2.34. The van der Waals surface area contributed by atoms with Gasteiger partial charge in [0.2, 0.25) is 11.8 Å². The van der Waals surface area contributed by atoms with Crippen molar-refractivity contribution in [3.8, 4) is 5.75 Å². The molecule has 0 N–H and O–H groups in total. The third kappa shape index (κ3) is 4.13. The first-order chi connectivity index (χ1) is 12.8. The Morgan fingerprint density at radius 3 is 2.26 bits per heavy atom. The number of pyridine rings is 1. The normalized spacial score (nSPS) is 16.2. The number of piperidine rings is 1. The SMILES string of the molecule is CN(C(=O)Oc1ccc(N2C(=O)CC(C)(C)CC2=O)nc1)c1ccccc1. The maximum atomic E-state index is 12.3. The molecule has 7 heteroatoms. The molecule has 2 heterocycles. The maximum absolute atomic E-state index is 12.3. The van der Waals surface area contributed by atoms with E-state index in [0.29, 0.717) is 5.69 Å². The van der Waals surface area contributed by atoms with Gasteiger partial charge in [0, 0.05) is 25.6 Å². The van der Waals surface area contributed by atoms with Gasteiger partial charge in [-0.1, -0.05) is 32.0 Å². The van der Waals surface area contributed by atoms with E-state index in [1.54, 1.807) is 19.2 Å². The summed E-state index contributed by atoms with van der Waals surface area (Å²) in [4.78, 5) is 43.4. The van der Waals surface area contributed by atoms with Crippen LogP contribution in [-0.4, -0.2) is 29.9 Å². The minimum Gasteiger partial charge on any atom is -0.408 e. The second kappa shape index (κ2) is 7.19. The molecular formula is C20H21N3O4. The topological polar surface area (TPSA) is 79.8 Å². The molecule has 0 aliphatic carbocycles. The summed E-state index contributed by atoms with van der Waals surface area (Å²) < 4.78 is 5.30. The maximum Gasteiger partial charge on any atom is 0.419 e. The van der Waals surface area contributed by atoms with Gasteiger partial charge in [0.05, 0.1) is 6.20 Å². The number of hydrogen-bond acceptors (Lipinski definition) is 5. The summed E-state index contributed by atoms with van der Waals surface area (Å²) in [5.41, 5.74) is 0.349. The van der Waals surface area contributed by atoms with Gasteiger partial charge in [0.15, 0.2) is 5.75 Å². The highest BCUT2D eigenvalue weighted by atomic mass is 16.6. The molecule has 0 unspecified atom stereocenters. The Hall–Kier alpha value is -3.22. The van der Waals surface area contributed by atoms with Gasteiger partial charge in [-0.05, 0) is 29.7 Å². The fourth-order valence-electron chi connectivity index (χ4n) is 2.93. The number of ether oxygens (including phenoxy) is 1. The number of carbonyl (C=O) groups is 3. The molecule has 2 aromatic rings. The standard InChI is InChI=1S/C20H21N3O4/c1-20(2)11-17(24)23(18(25)12-20)16-10-9-15(13-21-16)27-19(26)22(3)14-7-5-4-6-8-14/h4-10,13H,11-12H2,1-3H3. The first-order valence-electron chi connectivity index (χ1n) is 8.59. The molecule has 1 saturated heterocycles. The number of para-hydroxylation sites is 1. The van der Waals surface area contributed by atoms with Crippen molar-refractivity contribution >= 4 is 29.4 Å². The van der Waals surface area contributed by atoms with Crippen LogP contribution in [0.1, 0.15) is 26.7 Å². The number of imide groups is 1. The second-order valence-corrected chi connectivity index (χ2v) is 7.26. The number of hydrogen-bond donors (Lipinski definition) is 0. The smallest absolute Gasteiger partial charge is 0.408 e. The van der Waals surface area contributed by atoms with Crippen molar-refractivity contribution in [1.29, 1.82) is 0 Å². The average Bonchev–Trinajstić information content (AvgIpc) is 2.61. The van der Waals surface area contributed by atoms with Crippen molar-refractivity contribution in [2.45, 2.75) is 26.7 Å². The Bertz CT molecular complexity index is 843. The molecule has 1 aromatic carbocycles. The van der Waals surface area contributed by atoms with Crippen LogP contribution in [0.2, 0.25) is 0 Å². The summed E-state index contributed by atoms with van der Waals surface area (Å²) in [5.74, 6) is -0.102. The second-order valence-electron chi connectivity index (χ2n) is 7.26. The van der Waals surface area contributed by atoms with Gasteiger partial charge in [-0.2, -0.15) is 0 Å². The van der Waals surface area contributed by atoms with Gasteiger partial charge in [0.1, 0.15) is 5.82 Å². The van der Waals surface area contributed by atoms with Gasteiger partial charge in [-0.3, -0.25) is 14.5 Å². The molecule has 1 aliphatic heterocycles. The van der Waals surface area contributed by atoms with E-state index in [1.807, 2.05) is 32.0 Å². The van der Waals surface area contributed by atoms with Gasteiger partial charge in [-0.25, -0.2) is 14.7 Å². The largest absolute Gasteiger partial charge is 0.419 e. The lowest BCUT2D eigenvalue weighted by atomic mass is 9.82. The molecule has 3 rings (SSSR count). The average molecular weight is 367 g/mol. The van der Waals surface area contributed by atoms with Crippen molar-refractivity contribution in [2.24, 2.45) is 5.41 Å². The number of aromatic nitrogens is 1. The molecule has 0 saturated carbocycles. The van der Waals surface area contributed by atoms with Gasteiger partial charge in [-0.15, -0.1) is 0 Å². The van der Waals surface area contributed by atoms with Crippen LogP contribution in [-0.2, 0) is 9.59 Å². The number of carbonyl (C=O) groups excluding carboxylic acids is 3. The molecule has 0 bridgehead atoms. The summed E-state index contributed by atoms with van der Waals surface area (Å²) in [6.45, 7) is 3.78. The zero-order valence-corrected chi connectivity index (χ0v) is 15.5. The van der Waals surface area contributed by atoms with Crippen molar-refractivity contribution in [2.75, 3.05) is 16.8 Å². The summed E-state index contributed by atoms with van der Waals surface area (Å²) in [6, 6.07) is 12.1. The Kier molecular flexibility index (Phi) is 4.94. The summed E-state index contributed by atoms with van der Waals surface area (Å²) in [6.07, 6.45) is 1.31. The predicted octanol–water partition coefficient (Wildman–Crippen LogP) is 3.40. The van der Waals surface area contributed by atoms with Gasteiger partial charge in [0.25, 0.3) is 0 Å². The van der Waals surface area contributed by atoms with Crippen LogP contribution in [0.3, 0.4) is 0 Å². The number of anilines is 2. The first kappa shape index (κ1) is 18.6. The molecule has 0 radical (unpaired) electrons. The fraction of sp³-hybridized carbons (Fsp3) is 0.300. The highest BCUT2D eigenvalue weighted by Crippen LogP contribution is 2.33.